The molecule has 1 aliphatic rings. The minimum atomic E-state index is 0.0241. The average Bonchev–Trinajstić information content (AvgIpc) is 2.38. The zero-order valence-electron chi connectivity index (χ0n) is 11.6. The predicted molar refractivity (Wildman–Crippen MR) is 80.4 cm³/mol. The summed E-state index contributed by atoms with van der Waals surface area (Å²) < 4.78 is 12.5. The van der Waals surface area contributed by atoms with Crippen molar-refractivity contribution >= 4 is 15.9 Å². The Morgan fingerprint density at radius 2 is 2.05 bits per heavy atom. The van der Waals surface area contributed by atoms with Gasteiger partial charge in [-0.2, -0.15) is 0 Å². The van der Waals surface area contributed by atoms with Crippen LogP contribution in [0.25, 0.3) is 0 Å². The van der Waals surface area contributed by atoms with Gasteiger partial charge in [-0.05, 0) is 43.9 Å². The molecule has 2 N–H and O–H groups in total. The average molecular weight is 328 g/mol. The zero-order valence-corrected chi connectivity index (χ0v) is 13.2. The molecule has 19 heavy (non-hydrogen) atoms. The van der Waals surface area contributed by atoms with Gasteiger partial charge in [-0.15, -0.1) is 0 Å². The molecule has 0 spiro atoms. The first-order valence-electron chi connectivity index (χ1n) is 6.84. The van der Waals surface area contributed by atoms with Gasteiger partial charge >= 0.3 is 0 Å². The highest BCUT2D eigenvalue weighted by molar-refractivity contribution is 9.10. The third kappa shape index (κ3) is 3.94. The fourth-order valence-corrected chi connectivity index (χ4v) is 3.28. The molecule has 0 saturated heterocycles. The summed E-state index contributed by atoms with van der Waals surface area (Å²) >= 11 is 3.55. The number of nitrogens with two attached hydrogens (primary N) is 1. The number of halogens is 1. The molecule has 0 amide bonds. The number of ether oxygens (including phenoxy) is 2. The van der Waals surface area contributed by atoms with Gasteiger partial charge in [0.05, 0.1) is 6.10 Å². The minimum Gasteiger partial charge on any atom is -0.490 e. The number of hydrogen-bond acceptors (Lipinski definition) is 3. The molecule has 1 saturated carbocycles. The second-order valence-corrected chi connectivity index (χ2v) is 6.09. The second-order valence-electron chi connectivity index (χ2n) is 5.24. The molecule has 0 bridgehead atoms. The molecule has 1 aromatic carbocycles. The van der Waals surface area contributed by atoms with Gasteiger partial charge in [-0.25, -0.2) is 0 Å². The van der Waals surface area contributed by atoms with Crippen molar-refractivity contribution in [3.63, 3.8) is 0 Å². The smallest absolute Gasteiger partial charge is 0.120 e. The summed E-state index contributed by atoms with van der Waals surface area (Å²) in [5.41, 5.74) is 7.00. The number of methoxy groups -OCH3 is 1. The lowest BCUT2D eigenvalue weighted by atomic mass is 9.95. The zero-order chi connectivity index (χ0) is 13.8. The van der Waals surface area contributed by atoms with Crippen LogP contribution in [0.5, 0.6) is 5.75 Å². The molecule has 1 fully saturated rings. The van der Waals surface area contributed by atoms with Crippen LogP contribution in [0.1, 0.15) is 44.2 Å². The first-order valence-corrected chi connectivity index (χ1v) is 7.64. The molecule has 2 unspecified atom stereocenters. The van der Waals surface area contributed by atoms with Crippen molar-refractivity contribution < 1.29 is 9.47 Å². The molecule has 2 rings (SSSR count). The van der Waals surface area contributed by atoms with Crippen LogP contribution in [0.2, 0.25) is 0 Å². The molecule has 0 aliphatic heterocycles. The highest BCUT2D eigenvalue weighted by atomic mass is 79.9. The fourth-order valence-electron chi connectivity index (χ4n) is 2.57. The Morgan fingerprint density at radius 3 is 2.68 bits per heavy atom. The molecule has 106 valence electrons. The monoisotopic (exact) mass is 327 g/mol. The van der Waals surface area contributed by atoms with Crippen LogP contribution >= 0.6 is 15.9 Å². The third-order valence-corrected chi connectivity index (χ3v) is 4.36. The lowest BCUT2D eigenvalue weighted by Crippen LogP contribution is -2.29. The third-order valence-electron chi connectivity index (χ3n) is 3.68. The molecule has 0 radical (unpaired) electrons. The summed E-state index contributed by atoms with van der Waals surface area (Å²) in [4.78, 5) is 0. The Bertz CT molecular complexity index is 423. The first kappa shape index (κ1) is 14.8. The van der Waals surface area contributed by atoms with Gasteiger partial charge in [0.1, 0.15) is 11.9 Å². The van der Waals surface area contributed by atoms with Gasteiger partial charge < -0.3 is 15.2 Å². The predicted octanol–water partition coefficient (Wildman–Crippen LogP) is 3.81. The normalized spacial score (nSPS) is 25.1. The van der Waals surface area contributed by atoms with E-state index in [4.69, 9.17) is 15.2 Å². The van der Waals surface area contributed by atoms with Crippen molar-refractivity contribution in [3.05, 3.63) is 28.2 Å². The van der Waals surface area contributed by atoms with Gasteiger partial charge in [0, 0.05) is 24.0 Å². The topological polar surface area (TPSA) is 44.5 Å². The summed E-state index contributed by atoms with van der Waals surface area (Å²) in [5.74, 6) is 0.901. The molecule has 3 nitrogen and oxygen atoms in total. The van der Waals surface area contributed by atoms with Gasteiger partial charge in [0.2, 0.25) is 0 Å². The van der Waals surface area contributed by atoms with Gasteiger partial charge in [0.25, 0.3) is 0 Å². The van der Waals surface area contributed by atoms with Crippen molar-refractivity contribution in [2.45, 2.75) is 50.9 Å². The van der Waals surface area contributed by atoms with E-state index in [-0.39, 0.29) is 12.1 Å². The van der Waals surface area contributed by atoms with E-state index in [9.17, 15) is 0 Å². The van der Waals surface area contributed by atoms with Crippen LogP contribution in [0, 0.1) is 0 Å². The number of hydrogen-bond donors (Lipinski definition) is 1. The van der Waals surface area contributed by atoms with E-state index in [1.807, 2.05) is 25.1 Å². The van der Waals surface area contributed by atoms with Gasteiger partial charge in [0.15, 0.2) is 0 Å². The number of rotatable bonds is 4. The van der Waals surface area contributed by atoms with E-state index in [2.05, 4.69) is 15.9 Å². The van der Waals surface area contributed by atoms with E-state index >= 15 is 0 Å². The largest absolute Gasteiger partial charge is 0.490 e. The highest BCUT2D eigenvalue weighted by Crippen LogP contribution is 2.30. The van der Waals surface area contributed by atoms with Crippen LogP contribution in [-0.4, -0.2) is 19.3 Å². The molecule has 0 heterocycles. The fraction of sp³-hybridized carbons (Fsp3) is 0.600. The summed E-state index contributed by atoms with van der Waals surface area (Å²) in [5, 5.41) is 0. The molecular formula is C15H22BrNO2. The van der Waals surface area contributed by atoms with Gasteiger partial charge in [-0.3, -0.25) is 0 Å². The van der Waals surface area contributed by atoms with Crippen molar-refractivity contribution in [2.24, 2.45) is 5.73 Å². The summed E-state index contributed by atoms with van der Waals surface area (Å²) in [7, 11) is 1.78. The molecule has 1 aliphatic carbocycles. The van der Waals surface area contributed by atoms with E-state index in [1.165, 1.54) is 6.42 Å². The van der Waals surface area contributed by atoms with E-state index < -0.39 is 0 Å². The van der Waals surface area contributed by atoms with Gasteiger partial charge in [-0.1, -0.05) is 22.0 Å². The molecular weight excluding hydrogens is 306 g/mol. The van der Waals surface area contributed by atoms with Crippen LogP contribution < -0.4 is 10.5 Å². The SMILES string of the molecule is COC1CCCC(Oc2ccc([C@@H](C)N)c(Br)c2)C1. The second kappa shape index (κ2) is 6.73. The molecule has 0 aromatic heterocycles. The van der Waals surface area contributed by atoms with Crippen molar-refractivity contribution in [3.8, 4) is 5.75 Å². The lowest BCUT2D eigenvalue weighted by molar-refractivity contribution is 0.0209. The number of benzene rings is 1. The standard InChI is InChI=1S/C15H22BrNO2/c1-10(17)14-7-6-13(9-15(14)16)19-12-5-3-4-11(8-12)18-2/h6-7,9-12H,3-5,8,17H2,1-2H3/t10-,11?,12?/m1/s1. The van der Waals surface area contributed by atoms with Crippen molar-refractivity contribution in [1.82, 2.24) is 0 Å². The molecule has 1 aromatic rings. The molecule has 3 atom stereocenters. The van der Waals surface area contributed by atoms with E-state index in [0.29, 0.717) is 6.10 Å². The quantitative estimate of drug-likeness (QED) is 0.914. The molecule has 4 heteroatoms. The van der Waals surface area contributed by atoms with Crippen molar-refractivity contribution in [1.29, 1.82) is 0 Å². The summed E-state index contributed by atoms with van der Waals surface area (Å²) in [6.45, 7) is 1.98. The maximum atomic E-state index is 6.05. The maximum absolute atomic E-state index is 6.05. The highest BCUT2D eigenvalue weighted by Gasteiger charge is 2.23. The Kier molecular flexibility index (Phi) is 5.25. The Labute approximate surface area is 123 Å². The van der Waals surface area contributed by atoms with Crippen LogP contribution in [-0.2, 0) is 4.74 Å². The van der Waals surface area contributed by atoms with E-state index in [0.717, 1.165) is 35.0 Å². The van der Waals surface area contributed by atoms with E-state index in [1.54, 1.807) is 7.11 Å². The minimum absolute atomic E-state index is 0.0241. The lowest BCUT2D eigenvalue weighted by Gasteiger charge is -2.28. The Balaban J connectivity index is 2.01. The summed E-state index contributed by atoms with van der Waals surface area (Å²) in [6.07, 6.45) is 4.99. The Morgan fingerprint density at radius 1 is 1.32 bits per heavy atom. The van der Waals surface area contributed by atoms with Crippen molar-refractivity contribution in [2.75, 3.05) is 7.11 Å². The Hall–Kier alpha value is -0.580. The summed E-state index contributed by atoms with van der Waals surface area (Å²) in [6, 6.07) is 6.06. The van der Waals surface area contributed by atoms with Crippen LogP contribution in [0.4, 0.5) is 0 Å². The maximum Gasteiger partial charge on any atom is 0.120 e. The van der Waals surface area contributed by atoms with Crippen LogP contribution in [0.15, 0.2) is 22.7 Å². The van der Waals surface area contributed by atoms with Crippen LogP contribution in [0.3, 0.4) is 0 Å². The first-order chi connectivity index (χ1) is 9.10.